The summed E-state index contributed by atoms with van der Waals surface area (Å²) in [5, 5.41) is 10.9. The van der Waals surface area contributed by atoms with Gasteiger partial charge in [-0.25, -0.2) is 0 Å². The molecule has 1 amide bonds. The van der Waals surface area contributed by atoms with Crippen LogP contribution in [0.5, 0.6) is 0 Å². The molecule has 1 aliphatic carbocycles. The Morgan fingerprint density at radius 3 is 2.78 bits per heavy atom. The first-order valence-corrected chi connectivity index (χ1v) is 8.60. The highest BCUT2D eigenvalue weighted by atomic mass is 35.5. The van der Waals surface area contributed by atoms with E-state index in [1.165, 1.54) is 37.7 Å². The Hall–Kier alpha value is -1.07. The summed E-state index contributed by atoms with van der Waals surface area (Å²) in [7, 11) is 1.92. The molecule has 2 fully saturated rings. The van der Waals surface area contributed by atoms with Crippen molar-refractivity contribution < 1.29 is 4.79 Å². The van der Waals surface area contributed by atoms with E-state index in [0.29, 0.717) is 5.41 Å². The predicted octanol–water partition coefficient (Wildman–Crippen LogP) is 2.23. The molecule has 23 heavy (non-hydrogen) atoms. The molecule has 0 aromatic carbocycles. The van der Waals surface area contributed by atoms with Crippen LogP contribution in [0.4, 0.5) is 0 Å². The molecular formula is C17H29ClN4O. The van der Waals surface area contributed by atoms with Gasteiger partial charge in [-0.3, -0.25) is 9.48 Å². The SMILES string of the molecule is CCC1(CNC(=O)[C@H]2CNC[C@@H]2c2cnn(C)c2)CCCC1.Cl. The van der Waals surface area contributed by atoms with Gasteiger partial charge in [-0.15, -0.1) is 12.4 Å². The molecule has 130 valence electrons. The van der Waals surface area contributed by atoms with Crippen molar-refractivity contribution in [1.82, 2.24) is 20.4 Å². The van der Waals surface area contributed by atoms with Crippen LogP contribution in [0, 0.1) is 11.3 Å². The van der Waals surface area contributed by atoms with Crippen molar-refractivity contribution in [3.63, 3.8) is 0 Å². The van der Waals surface area contributed by atoms with Gasteiger partial charge in [0.25, 0.3) is 0 Å². The average Bonchev–Trinajstić information content (AvgIpc) is 3.25. The Kier molecular flexibility index (Phi) is 6.09. The molecule has 1 aromatic rings. The van der Waals surface area contributed by atoms with Crippen LogP contribution < -0.4 is 10.6 Å². The Morgan fingerprint density at radius 1 is 1.43 bits per heavy atom. The molecular weight excluding hydrogens is 312 g/mol. The Labute approximate surface area is 145 Å². The lowest BCUT2D eigenvalue weighted by atomic mass is 9.83. The van der Waals surface area contributed by atoms with Crippen molar-refractivity contribution in [3.05, 3.63) is 18.0 Å². The molecule has 0 unspecified atom stereocenters. The highest BCUT2D eigenvalue weighted by molar-refractivity contribution is 5.85. The Bertz CT molecular complexity index is 524. The lowest BCUT2D eigenvalue weighted by Gasteiger charge is -2.29. The zero-order valence-corrected chi connectivity index (χ0v) is 15.0. The van der Waals surface area contributed by atoms with E-state index in [1.807, 2.05) is 24.1 Å². The summed E-state index contributed by atoms with van der Waals surface area (Å²) >= 11 is 0. The maximum atomic E-state index is 12.7. The molecule has 2 atom stereocenters. The fourth-order valence-electron chi connectivity index (χ4n) is 4.12. The molecule has 1 aromatic heterocycles. The first kappa shape index (κ1) is 18.3. The van der Waals surface area contributed by atoms with Gasteiger partial charge in [0.1, 0.15) is 0 Å². The second-order valence-corrected chi connectivity index (χ2v) is 7.10. The molecule has 1 saturated heterocycles. The molecule has 0 spiro atoms. The zero-order chi connectivity index (χ0) is 15.6. The van der Waals surface area contributed by atoms with E-state index in [4.69, 9.17) is 0 Å². The molecule has 0 bridgehead atoms. The Morgan fingerprint density at radius 2 is 2.17 bits per heavy atom. The van der Waals surface area contributed by atoms with Crippen molar-refractivity contribution in [1.29, 1.82) is 0 Å². The molecule has 6 heteroatoms. The number of rotatable bonds is 5. The molecule has 1 saturated carbocycles. The van der Waals surface area contributed by atoms with Crippen LogP contribution in [0.2, 0.25) is 0 Å². The second kappa shape index (κ2) is 7.67. The minimum Gasteiger partial charge on any atom is -0.355 e. The van der Waals surface area contributed by atoms with E-state index < -0.39 is 0 Å². The second-order valence-electron chi connectivity index (χ2n) is 7.10. The lowest BCUT2D eigenvalue weighted by Crippen LogP contribution is -2.40. The fourth-order valence-corrected chi connectivity index (χ4v) is 4.12. The summed E-state index contributed by atoms with van der Waals surface area (Å²) in [6.07, 6.45) is 10.2. The van der Waals surface area contributed by atoms with Crippen molar-refractivity contribution >= 4 is 18.3 Å². The van der Waals surface area contributed by atoms with E-state index in [-0.39, 0.29) is 30.2 Å². The van der Waals surface area contributed by atoms with Gasteiger partial charge in [-0.05, 0) is 30.2 Å². The van der Waals surface area contributed by atoms with Gasteiger partial charge in [-0.2, -0.15) is 5.10 Å². The van der Waals surface area contributed by atoms with Crippen molar-refractivity contribution in [2.75, 3.05) is 19.6 Å². The highest BCUT2D eigenvalue weighted by Gasteiger charge is 2.37. The van der Waals surface area contributed by atoms with Crippen LogP contribution in [0.1, 0.15) is 50.5 Å². The third-order valence-electron chi connectivity index (χ3n) is 5.76. The van der Waals surface area contributed by atoms with Crippen LogP contribution >= 0.6 is 12.4 Å². The number of aromatic nitrogens is 2. The summed E-state index contributed by atoms with van der Waals surface area (Å²) < 4.78 is 1.81. The molecule has 1 aliphatic heterocycles. The van der Waals surface area contributed by atoms with Crippen LogP contribution in [-0.4, -0.2) is 35.3 Å². The van der Waals surface area contributed by atoms with E-state index in [0.717, 1.165) is 19.6 Å². The van der Waals surface area contributed by atoms with Gasteiger partial charge in [0.2, 0.25) is 5.91 Å². The van der Waals surface area contributed by atoms with Gasteiger partial charge in [0, 0.05) is 38.8 Å². The van der Waals surface area contributed by atoms with Gasteiger partial charge in [0.15, 0.2) is 0 Å². The normalized spacial score (nSPS) is 26.0. The van der Waals surface area contributed by atoms with Crippen molar-refractivity contribution in [3.8, 4) is 0 Å². The van der Waals surface area contributed by atoms with E-state index in [1.54, 1.807) is 0 Å². The first-order valence-electron chi connectivity index (χ1n) is 8.60. The first-order chi connectivity index (χ1) is 10.6. The van der Waals surface area contributed by atoms with Crippen LogP contribution in [-0.2, 0) is 11.8 Å². The van der Waals surface area contributed by atoms with Gasteiger partial charge >= 0.3 is 0 Å². The number of nitrogens with zero attached hydrogens (tertiary/aromatic N) is 2. The number of halogens is 1. The van der Waals surface area contributed by atoms with E-state index in [2.05, 4.69) is 22.7 Å². The average molecular weight is 341 g/mol. The monoisotopic (exact) mass is 340 g/mol. The quantitative estimate of drug-likeness (QED) is 0.864. The highest BCUT2D eigenvalue weighted by Crippen LogP contribution is 2.40. The topological polar surface area (TPSA) is 59.0 Å². The molecule has 2 N–H and O–H groups in total. The smallest absolute Gasteiger partial charge is 0.225 e. The van der Waals surface area contributed by atoms with Crippen LogP contribution in [0.25, 0.3) is 0 Å². The van der Waals surface area contributed by atoms with Gasteiger partial charge < -0.3 is 10.6 Å². The van der Waals surface area contributed by atoms with Crippen LogP contribution in [0.15, 0.2) is 12.4 Å². The van der Waals surface area contributed by atoms with Gasteiger partial charge in [-0.1, -0.05) is 19.8 Å². The summed E-state index contributed by atoms with van der Waals surface area (Å²) in [5.74, 6) is 0.480. The molecule has 3 rings (SSSR count). The third-order valence-corrected chi connectivity index (χ3v) is 5.76. The van der Waals surface area contributed by atoms with E-state index in [9.17, 15) is 4.79 Å². The summed E-state index contributed by atoms with van der Waals surface area (Å²) in [4.78, 5) is 12.7. The number of amides is 1. The Balaban J connectivity index is 0.00000192. The maximum absolute atomic E-state index is 12.7. The predicted molar refractivity (Wildman–Crippen MR) is 93.8 cm³/mol. The minimum atomic E-state index is 0. The summed E-state index contributed by atoms with van der Waals surface area (Å²) in [5.41, 5.74) is 1.52. The molecule has 5 nitrogen and oxygen atoms in total. The third kappa shape index (κ3) is 3.89. The zero-order valence-electron chi connectivity index (χ0n) is 14.2. The molecule has 0 radical (unpaired) electrons. The standard InChI is InChI=1S/C17H28N4O.ClH/c1-3-17(6-4-5-7-17)12-19-16(22)15-10-18-9-14(15)13-8-20-21(2)11-13;/h8,11,14-15,18H,3-7,9-10,12H2,1-2H3,(H,19,22);1H/t14-,15+;/m1./s1. The molecule has 2 aliphatic rings. The van der Waals surface area contributed by atoms with Crippen molar-refractivity contribution in [2.45, 2.75) is 44.9 Å². The number of hydrogen-bond acceptors (Lipinski definition) is 3. The summed E-state index contributed by atoms with van der Waals surface area (Å²) in [6.45, 7) is 4.73. The van der Waals surface area contributed by atoms with Crippen LogP contribution in [0.3, 0.4) is 0 Å². The maximum Gasteiger partial charge on any atom is 0.225 e. The fraction of sp³-hybridized carbons (Fsp3) is 0.765. The number of carbonyl (C=O) groups is 1. The molecule has 2 heterocycles. The number of hydrogen-bond donors (Lipinski definition) is 2. The van der Waals surface area contributed by atoms with Crippen molar-refractivity contribution in [2.24, 2.45) is 18.4 Å². The number of carbonyl (C=O) groups excluding carboxylic acids is 1. The largest absolute Gasteiger partial charge is 0.355 e. The summed E-state index contributed by atoms with van der Waals surface area (Å²) in [6, 6.07) is 0. The number of nitrogens with one attached hydrogen (secondary N) is 2. The number of aryl methyl sites for hydroxylation is 1. The van der Waals surface area contributed by atoms with Gasteiger partial charge in [0.05, 0.1) is 12.1 Å². The van der Waals surface area contributed by atoms with E-state index >= 15 is 0 Å². The minimum absolute atomic E-state index is 0. The lowest BCUT2D eigenvalue weighted by molar-refractivity contribution is -0.125.